The minimum Gasteiger partial charge on any atom is -0.388 e. The lowest BCUT2D eigenvalue weighted by molar-refractivity contribution is 0.0514. The van der Waals surface area contributed by atoms with E-state index < -0.39 is 5.60 Å². The van der Waals surface area contributed by atoms with Crippen LogP contribution in [-0.4, -0.2) is 27.2 Å². The van der Waals surface area contributed by atoms with Gasteiger partial charge in [0.05, 0.1) is 5.60 Å². The Morgan fingerprint density at radius 1 is 1.29 bits per heavy atom. The molecule has 1 aromatic rings. The Morgan fingerprint density at radius 3 is 2.29 bits per heavy atom. The molecule has 96 valence electrons. The van der Waals surface area contributed by atoms with E-state index in [1.54, 1.807) is 0 Å². The quantitative estimate of drug-likeness (QED) is 0.825. The van der Waals surface area contributed by atoms with E-state index in [-0.39, 0.29) is 0 Å². The molecule has 4 nitrogen and oxygen atoms in total. The summed E-state index contributed by atoms with van der Waals surface area (Å²) in [5.74, 6) is 1.05. The van der Waals surface area contributed by atoms with Crippen LogP contribution in [0.3, 0.4) is 0 Å². The van der Waals surface area contributed by atoms with Gasteiger partial charge in [-0.25, -0.2) is 9.97 Å². The summed E-state index contributed by atoms with van der Waals surface area (Å²) in [6.45, 7) is 10.4. The van der Waals surface area contributed by atoms with E-state index >= 15 is 0 Å². The molecular formula is C13H23N3O. The van der Waals surface area contributed by atoms with Crippen LogP contribution < -0.4 is 5.32 Å². The van der Waals surface area contributed by atoms with Crippen molar-refractivity contribution in [3.05, 3.63) is 17.5 Å². The lowest BCUT2D eigenvalue weighted by Gasteiger charge is -2.25. The molecule has 0 aliphatic carbocycles. The van der Waals surface area contributed by atoms with Crippen LogP contribution in [0.4, 0.5) is 5.95 Å². The maximum atomic E-state index is 10.2. The van der Waals surface area contributed by atoms with Crippen molar-refractivity contribution in [2.45, 2.75) is 46.6 Å². The number of nitrogens with one attached hydrogen (secondary N) is 1. The normalized spacial score (nSPS) is 14.8. The number of anilines is 1. The number of aromatic nitrogens is 2. The van der Waals surface area contributed by atoms with Crippen molar-refractivity contribution in [3.8, 4) is 0 Å². The topological polar surface area (TPSA) is 58.0 Å². The van der Waals surface area contributed by atoms with Gasteiger partial charge in [-0.2, -0.15) is 0 Å². The van der Waals surface area contributed by atoms with Crippen LogP contribution in [0.1, 0.15) is 38.6 Å². The van der Waals surface area contributed by atoms with Crippen molar-refractivity contribution in [3.63, 3.8) is 0 Å². The molecule has 1 unspecified atom stereocenters. The third-order valence-electron chi connectivity index (χ3n) is 2.46. The Balaban J connectivity index is 2.60. The van der Waals surface area contributed by atoms with Gasteiger partial charge in [-0.3, -0.25) is 0 Å². The van der Waals surface area contributed by atoms with Crippen LogP contribution in [0, 0.1) is 19.8 Å². The Labute approximate surface area is 103 Å². The van der Waals surface area contributed by atoms with Crippen LogP contribution in [-0.2, 0) is 0 Å². The van der Waals surface area contributed by atoms with E-state index in [1.165, 1.54) is 0 Å². The molecule has 0 amide bonds. The Hall–Kier alpha value is -1.16. The largest absolute Gasteiger partial charge is 0.388 e. The number of hydrogen-bond donors (Lipinski definition) is 2. The molecule has 1 aromatic heterocycles. The van der Waals surface area contributed by atoms with Gasteiger partial charge in [0.2, 0.25) is 5.95 Å². The lowest BCUT2D eigenvalue weighted by Crippen LogP contribution is -2.35. The second-order valence-electron chi connectivity index (χ2n) is 5.42. The zero-order valence-corrected chi connectivity index (χ0v) is 11.4. The molecule has 0 aromatic carbocycles. The van der Waals surface area contributed by atoms with Crippen LogP contribution >= 0.6 is 0 Å². The van der Waals surface area contributed by atoms with Crippen molar-refractivity contribution >= 4 is 5.95 Å². The SMILES string of the molecule is Cc1cc(C)nc(NCC(C)(O)CC(C)C)n1. The van der Waals surface area contributed by atoms with Crippen LogP contribution in [0.15, 0.2) is 6.07 Å². The smallest absolute Gasteiger partial charge is 0.223 e. The number of hydrogen-bond acceptors (Lipinski definition) is 4. The highest BCUT2D eigenvalue weighted by molar-refractivity contribution is 5.28. The summed E-state index contributed by atoms with van der Waals surface area (Å²) in [6, 6.07) is 1.93. The van der Waals surface area contributed by atoms with Gasteiger partial charge < -0.3 is 10.4 Å². The van der Waals surface area contributed by atoms with Gasteiger partial charge in [0, 0.05) is 17.9 Å². The zero-order chi connectivity index (χ0) is 13.1. The molecule has 0 saturated heterocycles. The van der Waals surface area contributed by atoms with Gasteiger partial charge in [0.15, 0.2) is 0 Å². The highest BCUT2D eigenvalue weighted by Crippen LogP contribution is 2.16. The number of nitrogens with zero attached hydrogens (tertiary/aromatic N) is 2. The maximum absolute atomic E-state index is 10.2. The molecule has 1 heterocycles. The molecule has 0 spiro atoms. The molecule has 4 heteroatoms. The predicted molar refractivity (Wildman–Crippen MR) is 70.1 cm³/mol. The van der Waals surface area contributed by atoms with Gasteiger partial charge >= 0.3 is 0 Å². The molecule has 0 bridgehead atoms. The maximum Gasteiger partial charge on any atom is 0.223 e. The summed E-state index contributed by atoms with van der Waals surface area (Å²) in [4.78, 5) is 8.57. The summed E-state index contributed by atoms with van der Waals surface area (Å²) in [6.07, 6.45) is 0.755. The summed E-state index contributed by atoms with van der Waals surface area (Å²) < 4.78 is 0. The Morgan fingerprint density at radius 2 is 1.82 bits per heavy atom. The minimum absolute atomic E-state index is 0.465. The zero-order valence-electron chi connectivity index (χ0n) is 11.4. The summed E-state index contributed by atoms with van der Waals surface area (Å²) in [5, 5.41) is 13.3. The molecule has 0 radical (unpaired) electrons. The van der Waals surface area contributed by atoms with E-state index in [0.717, 1.165) is 17.8 Å². The standard InChI is InChI=1S/C13H23N3O/c1-9(2)7-13(5,17)8-14-12-15-10(3)6-11(4)16-12/h6,9,17H,7-8H2,1-5H3,(H,14,15,16). The Bertz CT molecular complexity index is 355. The highest BCUT2D eigenvalue weighted by atomic mass is 16.3. The molecular weight excluding hydrogens is 214 g/mol. The van der Waals surface area contributed by atoms with Gasteiger partial charge in [-0.1, -0.05) is 13.8 Å². The van der Waals surface area contributed by atoms with Gasteiger partial charge in [0.1, 0.15) is 0 Å². The van der Waals surface area contributed by atoms with E-state index in [9.17, 15) is 5.11 Å². The molecule has 0 aliphatic rings. The van der Waals surface area contributed by atoms with Gasteiger partial charge in [-0.15, -0.1) is 0 Å². The average Bonchev–Trinajstić information content (AvgIpc) is 2.11. The van der Waals surface area contributed by atoms with Gasteiger partial charge in [-0.05, 0) is 39.2 Å². The van der Waals surface area contributed by atoms with Crippen LogP contribution in [0.2, 0.25) is 0 Å². The first-order valence-electron chi connectivity index (χ1n) is 6.07. The number of rotatable bonds is 5. The Kier molecular flexibility index (Phi) is 4.46. The first-order valence-corrected chi connectivity index (χ1v) is 6.07. The van der Waals surface area contributed by atoms with E-state index in [2.05, 4.69) is 29.1 Å². The fraction of sp³-hybridized carbons (Fsp3) is 0.692. The number of aliphatic hydroxyl groups is 1. The van der Waals surface area contributed by atoms with Crippen molar-refractivity contribution in [1.29, 1.82) is 0 Å². The fourth-order valence-corrected chi connectivity index (χ4v) is 2.03. The molecule has 2 N–H and O–H groups in total. The van der Waals surface area contributed by atoms with Crippen molar-refractivity contribution in [2.75, 3.05) is 11.9 Å². The van der Waals surface area contributed by atoms with Crippen LogP contribution in [0.25, 0.3) is 0 Å². The second-order valence-corrected chi connectivity index (χ2v) is 5.42. The monoisotopic (exact) mass is 237 g/mol. The second kappa shape index (κ2) is 5.45. The summed E-state index contributed by atoms with van der Waals surface area (Å²) >= 11 is 0. The lowest BCUT2D eigenvalue weighted by atomic mass is 9.94. The first-order chi connectivity index (χ1) is 7.78. The molecule has 1 atom stereocenters. The van der Waals surface area contributed by atoms with Gasteiger partial charge in [0.25, 0.3) is 0 Å². The summed E-state index contributed by atoms with van der Waals surface area (Å²) in [5.41, 5.74) is 1.14. The third-order valence-corrected chi connectivity index (χ3v) is 2.46. The van der Waals surface area contributed by atoms with E-state index in [4.69, 9.17) is 0 Å². The first kappa shape index (κ1) is 13.9. The van der Waals surface area contributed by atoms with Crippen LogP contribution in [0.5, 0.6) is 0 Å². The van der Waals surface area contributed by atoms with Crippen molar-refractivity contribution < 1.29 is 5.11 Å². The third kappa shape index (κ3) is 5.13. The van der Waals surface area contributed by atoms with E-state index in [0.29, 0.717) is 18.4 Å². The van der Waals surface area contributed by atoms with E-state index in [1.807, 2.05) is 26.8 Å². The average molecular weight is 237 g/mol. The van der Waals surface area contributed by atoms with Crippen molar-refractivity contribution in [1.82, 2.24) is 9.97 Å². The fourth-order valence-electron chi connectivity index (χ4n) is 2.03. The molecule has 0 fully saturated rings. The molecule has 17 heavy (non-hydrogen) atoms. The summed E-state index contributed by atoms with van der Waals surface area (Å²) in [7, 11) is 0. The van der Waals surface area contributed by atoms with Crippen molar-refractivity contribution in [2.24, 2.45) is 5.92 Å². The highest BCUT2D eigenvalue weighted by Gasteiger charge is 2.21. The molecule has 1 rings (SSSR count). The number of aryl methyl sites for hydroxylation is 2. The predicted octanol–water partition coefficient (Wildman–Crippen LogP) is 2.30. The molecule has 0 saturated carbocycles. The molecule has 0 aliphatic heterocycles. The minimum atomic E-state index is -0.727.